The highest BCUT2D eigenvalue weighted by Gasteiger charge is 2.20. The van der Waals surface area contributed by atoms with Crippen molar-refractivity contribution in [2.75, 3.05) is 0 Å². The Morgan fingerprint density at radius 1 is 0.436 bits per heavy atom. The van der Waals surface area contributed by atoms with Crippen LogP contribution < -0.4 is 0 Å². The van der Waals surface area contributed by atoms with Crippen molar-refractivity contribution in [3.63, 3.8) is 0 Å². The summed E-state index contributed by atoms with van der Waals surface area (Å²) in [4.78, 5) is 14.9. The van der Waals surface area contributed by atoms with E-state index in [1.165, 1.54) is 0 Å². The number of benzene rings is 8. The number of amidine groups is 2. The van der Waals surface area contributed by atoms with Gasteiger partial charge in [0.1, 0.15) is 22.3 Å². The zero-order chi connectivity index (χ0) is 36.7. The van der Waals surface area contributed by atoms with Gasteiger partial charge >= 0.3 is 0 Å². The summed E-state index contributed by atoms with van der Waals surface area (Å²) in [7, 11) is 0. The summed E-state index contributed by atoms with van der Waals surface area (Å²) in [5, 5.41) is 6.22. The summed E-state index contributed by atoms with van der Waals surface area (Å²) in [6.45, 7) is 4.48. The first-order valence-electron chi connectivity index (χ1n) is 18.3. The predicted molar refractivity (Wildman–Crippen MR) is 229 cm³/mol. The molecule has 0 radical (unpaired) electrons. The Bertz CT molecular complexity index is 3130. The zero-order valence-corrected chi connectivity index (χ0v) is 29.8. The Morgan fingerprint density at radius 2 is 1.07 bits per heavy atom. The Morgan fingerprint density at radius 3 is 1.89 bits per heavy atom. The third-order valence-corrected chi connectivity index (χ3v) is 10.3. The van der Waals surface area contributed by atoms with E-state index in [-0.39, 0.29) is 0 Å². The van der Waals surface area contributed by atoms with E-state index in [9.17, 15) is 0 Å². The van der Waals surface area contributed by atoms with Crippen molar-refractivity contribution < 1.29 is 8.83 Å². The summed E-state index contributed by atoms with van der Waals surface area (Å²) in [6.07, 6.45) is 0. The van der Waals surface area contributed by atoms with Crippen molar-refractivity contribution in [3.05, 3.63) is 193 Å². The van der Waals surface area contributed by atoms with Crippen molar-refractivity contribution in [3.8, 4) is 22.3 Å². The fraction of sp³-hybridized carbons (Fsp3) is 0.0200. The Balaban J connectivity index is 1.15. The lowest BCUT2D eigenvalue weighted by molar-refractivity contribution is 0.669. The highest BCUT2D eigenvalue weighted by molar-refractivity contribution is 6.24. The molecule has 5 heteroatoms. The highest BCUT2D eigenvalue weighted by Crippen LogP contribution is 2.42. The van der Waals surface area contributed by atoms with Gasteiger partial charge in [-0.05, 0) is 64.0 Å². The van der Waals surface area contributed by atoms with Crippen molar-refractivity contribution in [2.45, 2.75) is 6.54 Å². The summed E-state index contributed by atoms with van der Waals surface area (Å²) in [6, 6.07) is 60.1. The molecule has 2 heterocycles. The van der Waals surface area contributed by atoms with Gasteiger partial charge in [0.15, 0.2) is 11.7 Å². The lowest BCUT2D eigenvalue weighted by Crippen LogP contribution is -2.07. The van der Waals surface area contributed by atoms with E-state index < -0.39 is 0 Å². The summed E-state index contributed by atoms with van der Waals surface area (Å²) in [5.41, 5.74) is 10.5. The molecule has 0 unspecified atom stereocenters. The number of furan rings is 2. The molecule has 260 valence electrons. The normalized spacial score (nSPS) is 12.4. The van der Waals surface area contributed by atoms with Gasteiger partial charge in [0.05, 0.1) is 6.54 Å². The molecule has 10 rings (SSSR count). The van der Waals surface area contributed by atoms with Gasteiger partial charge in [0, 0.05) is 38.2 Å². The minimum Gasteiger partial charge on any atom is -0.456 e. The molecule has 0 aliphatic rings. The second kappa shape index (κ2) is 13.6. The van der Waals surface area contributed by atoms with E-state index in [2.05, 4.69) is 133 Å². The van der Waals surface area contributed by atoms with E-state index in [1.54, 1.807) is 0 Å². The quantitative estimate of drug-likeness (QED) is 0.128. The molecule has 8 aromatic carbocycles. The second-order valence-corrected chi connectivity index (χ2v) is 13.5. The number of hydrogen-bond donors (Lipinski definition) is 0. The van der Waals surface area contributed by atoms with Gasteiger partial charge in [-0.1, -0.05) is 152 Å². The number of rotatable bonds is 6. The molecule has 2 aromatic heterocycles. The monoisotopic (exact) mass is 707 g/mol. The molecule has 0 fully saturated rings. The van der Waals surface area contributed by atoms with Gasteiger partial charge < -0.3 is 8.83 Å². The molecule has 0 saturated heterocycles. The lowest BCUT2D eigenvalue weighted by Gasteiger charge is -2.13. The summed E-state index contributed by atoms with van der Waals surface area (Å²) >= 11 is 0. The van der Waals surface area contributed by atoms with Crippen molar-refractivity contribution in [1.82, 2.24) is 0 Å². The number of hydrogen-bond acceptors (Lipinski definition) is 3. The standard InChI is InChI=1S/C50H33N3O2/c1-51-49(53-50(52-31-32-15-4-2-5-16-32)42-25-14-27-44-47(42)40-21-10-11-26-43(40)54-44)39-30-29-37(35-19-8-9-20-36(35)39)38-23-13-28-45-46(38)41-24-12-22-34(48(41)55-45)33-17-6-3-7-18-33/h2-30H,1,31H2/b52-50-,53-49-. The molecular weight excluding hydrogens is 675 g/mol. The molecule has 0 aliphatic heterocycles. The molecule has 0 amide bonds. The van der Waals surface area contributed by atoms with E-state index in [0.29, 0.717) is 18.2 Å². The average Bonchev–Trinajstić information content (AvgIpc) is 3.83. The van der Waals surface area contributed by atoms with Crippen LogP contribution in [0.3, 0.4) is 0 Å². The minimum atomic E-state index is 0.449. The van der Waals surface area contributed by atoms with Gasteiger partial charge in [-0.3, -0.25) is 4.99 Å². The number of para-hydroxylation sites is 2. The van der Waals surface area contributed by atoms with Crippen LogP contribution in [0.4, 0.5) is 0 Å². The molecule has 0 bridgehead atoms. The van der Waals surface area contributed by atoms with Crippen LogP contribution in [0.2, 0.25) is 0 Å². The van der Waals surface area contributed by atoms with Crippen LogP contribution >= 0.6 is 0 Å². The van der Waals surface area contributed by atoms with E-state index >= 15 is 0 Å². The number of nitrogens with zero attached hydrogens (tertiary/aromatic N) is 3. The molecule has 0 N–H and O–H groups in total. The Hall–Kier alpha value is -7.37. The lowest BCUT2D eigenvalue weighted by atomic mass is 9.91. The van der Waals surface area contributed by atoms with Gasteiger partial charge in [0.25, 0.3) is 0 Å². The third kappa shape index (κ3) is 5.61. The van der Waals surface area contributed by atoms with Crippen molar-refractivity contribution in [1.29, 1.82) is 0 Å². The second-order valence-electron chi connectivity index (χ2n) is 13.5. The topological polar surface area (TPSA) is 63.4 Å². The molecule has 0 spiro atoms. The van der Waals surface area contributed by atoms with E-state index in [1.807, 2.05) is 54.6 Å². The molecule has 0 aliphatic carbocycles. The number of fused-ring (bicyclic) bond motifs is 7. The van der Waals surface area contributed by atoms with Crippen LogP contribution in [0.1, 0.15) is 16.7 Å². The molecule has 5 nitrogen and oxygen atoms in total. The van der Waals surface area contributed by atoms with E-state index in [4.69, 9.17) is 18.8 Å². The summed E-state index contributed by atoms with van der Waals surface area (Å²) < 4.78 is 12.9. The van der Waals surface area contributed by atoms with Gasteiger partial charge in [-0.2, -0.15) is 0 Å². The van der Waals surface area contributed by atoms with Crippen molar-refractivity contribution in [2.24, 2.45) is 15.0 Å². The summed E-state index contributed by atoms with van der Waals surface area (Å²) in [5.74, 6) is 1.04. The van der Waals surface area contributed by atoms with Crippen LogP contribution in [0.25, 0.3) is 76.9 Å². The first kappa shape index (κ1) is 32.3. The Kier molecular flexibility index (Phi) is 7.96. The minimum absolute atomic E-state index is 0.449. The molecular formula is C50H33N3O2. The van der Waals surface area contributed by atoms with Crippen LogP contribution in [-0.2, 0) is 6.54 Å². The molecule has 0 atom stereocenters. The fourth-order valence-corrected chi connectivity index (χ4v) is 7.82. The highest BCUT2D eigenvalue weighted by atomic mass is 16.3. The third-order valence-electron chi connectivity index (χ3n) is 10.3. The largest absolute Gasteiger partial charge is 0.456 e. The molecule has 10 aromatic rings. The molecule has 0 saturated carbocycles. The van der Waals surface area contributed by atoms with Crippen LogP contribution in [0.15, 0.2) is 200 Å². The average molecular weight is 708 g/mol. The van der Waals surface area contributed by atoms with Crippen LogP contribution in [0, 0.1) is 0 Å². The SMILES string of the molecule is C=N/C(=N\C(=N/Cc1ccccc1)c1cccc2oc3ccccc3c12)c1ccc(-c2cccc3oc4c(-c5ccccc5)cccc4c23)c2ccccc12. The van der Waals surface area contributed by atoms with Gasteiger partial charge in [-0.15, -0.1) is 0 Å². The van der Waals surface area contributed by atoms with Gasteiger partial charge in [-0.25, -0.2) is 9.98 Å². The first-order valence-corrected chi connectivity index (χ1v) is 18.3. The predicted octanol–water partition coefficient (Wildman–Crippen LogP) is 13.1. The Labute approximate surface area is 317 Å². The molecule has 55 heavy (non-hydrogen) atoms. The fourth-order valence-electron chi connectivity index (χ4n) is 7.82. The first-order chi connectivity index (χ1) is 27.2. The zero-order valence-electron chi connectivity index (χ0n) is 29.8. The maximum Gasteiger partial charge on any atom is 0.161 e. The van der Waals surface area contributed by atoms with Crippen molar-refractivity contribution >= 4 is 73.0 Å². The van der Waals surface area contributed by atoms with Gasteiger partial charge in [0.2, 0.25) is 0 Å². The maximum absolute atomic E-state index is 6.62. The number of aliphatic imine (C=N–C) groups is 3. The maximum atomic E-state index is 6.62. The van der Waals surface area contributed by atoms with Crippen LogP contribution in [-0.4, -0.2) is 18.4 Å². The smallest absolute Gasteiger partial charge is 0.161 e. The van der Waals surface area contributed by atoms with Crippen LogP contribution in [0.5, 0.6) is 0 Å². The van der Waals surface area contributed by atoms with E-state index in [0.717, 1.165) is 93.6 Å².